The molecule has 0 aliphatic heterocycles. The lowest BCUT2D eigenvalue weighted by molar-refractivity contribution is 1.48. The zero-order valence-corrected chi connectivity index (χ0v) is 11.0. The molecule has 0 aromatic heterocycles. The molecule has 3 aromatic rings. The molecule has 0 saturated heterocycles. The van der Waals surface area contributed by atoms with E-state index in [1.165, 1.54) is 27.5 Å². The Morgan fingerprint density at radius 2 is 1.42 bits per heavy atom. The van der Waals surface area contributed by atoms with Crippen molar-refractivity contribution in [3.8, 4) is 0 Å². The highest BCUT2D eigenvalue weighted by Gasteiger charge is 2.00. The van der Waals surface area contributed by atoms with E-state index in [2.05, 4.69) is 79.7 Å². The van der Waals surface area contributed by atoms with Gasteiger partial charge in [0.2, 0.25) is 0 Å². The van der Waals surface area contributed by atoms with Gasteiger partial charge in [0.05, 0.1) is 0 Å². The van der Waals surface area contributed by atoms with Crippen LogP contribution in [0.15, 0.2) is 66.7 Å². The molecule has 0 radical (unpaired) electrons. The van der Waals surface area contributed by atoms with E-state index in [1.807, 2.05) is 6.07 Å². The Bertz CT molecular complexity index is 721. The molecule has 0 atom stereocenters. The first-order valence-corrected chi connectivity index (χ1v) is 6.56. The molecule has 0 saturated carbocycles. The van der Waals surface area contributed by atoms with Crippen molar-refractivity contribution in [2.45, 2.75) is 6.92 Å². The molecule has 19 heavy (non-hydrogen) atoms. The number of rotatable bonds is 2. The van der Waals surface area contributed by atoms with Crippen LogP contribution in [0, 0.1) is 6.92 Å². The second-order valence-electron chi connectivity index (χ2n) is 4.76. The summed E-state index contributed by atoms with van der Waals surface area (Å²) < 4.78 is 0. The van der Waals surface area contributed by atoms with Gasteiger partial charge in [-0.15, -0.1) is 0 Å². The maximum atomic E-state index is 2.22. The molecule has 0 fully saturated rings. The van der Waals surface area contributed by atoms with Crippen molar-refractivity contribution in [1.82, 2.24) is 0 Å². The Morgan fingerprint density at radius 1 is 0.684 bits per heavy atom. The van der Waals surface area contributed by atoms with Gasteiger partial charge in [-0.1, -0.05) is 78.9 Å². The first kappa shape index (κ1) is 11.7. The lowest BCUT2D eigenvalue weighted by atomic mass is 9.99. The van der Waals surface area contributed by atoms with Gasteiger partial charge < -0.3 is 0 Å². The number of benzene rings is 3. The highest BCUT2D eigenvalue weighted by molar-refractivity contribution is 5.94. The predicted octanol–water partition coefficient (Wildman–Crippen LogP) is 5.32. The van der Waals surface area contributed by atoms with Crippen molar-refractivity contribution < 1.29 is 0 Å². The Hall–Kier alpha value is -2.34. The van der Waals surface area contributed by atoms with Crippen LogP contribution in [0.25, 0.3) is 22.9 Å². The van der Waals surface area contributed by atoms with Crippen LogP contribution in [0.2, 0.25) is 0 Å². The van der Waals surface area contributed by atoms with Gasteiger partial charge in [-0.25, -0.2) is 0 Å². The summed E-state index contributed by atoms with van der Waals surface area (Å²) in [5, 5.41) is 2.61. The van der Waals surface area contributed by atoms with Crippen LogP contribution in [-0.4, -0.2) is 0 Å². The highest BCUT2D eigenvalue weighted by Crippen LogP contribution is 2.24. The summed E-state index contributed by atoms with van der Waals surface area (Å²) in [6.45, 7) is 2.16. The first-order chi connectivity index (χ1) is 9.34. The van der Waals surface area contributed by atoms with E-state index in [1.54, 1.807) is 0 Å². The molecule has 0 aliphatic rings. The van der Waals surface area contributed by atoms with Crippen LogP contribution in [-0.2, 0) is 0 Å². The third-order valence-corrected chi connectivity index (χ3v) is 3.43. The largest absolute Gasteiger partial charge is 0.0622 e. The molecule has 0 N–H and O–H groups in total. The summed E-state index contributed by atoms with van der Waals surface area (Å²) >= 11 is 0. The van der Waals surface area contributed by atoms with Crippen LogP contribution < -0.4 is 0 Å². The molecular formula is C19H16. The van der Waals surface area contributed by atoms with Gasteiger partial charge in [-0.2, -0.15) is 0 Å². The quantitative estimate of drug-likeness (QED) is 0.535. The van der Waals surface area contributed by atoms with Gasteiger partial charge in [0.25, 0.3) is 0 Å². The lowest BCUT2D eigenvalue weighted by Gasteiger charge is -2.06. The Kier molecular flexibility index (Phi) is 3.16. The molecule has 0 spiro atoms. The summed E-state index contributed by atoms with van der Waals surface area (Å²) in [4.78, 5) is 0. The zero-order chi connectivity index (χ0) is 13.1. The van der Waals surface area contributed by atoms with Gasteiger partial charge in [0, 0.05) is 0 Å². The maximum absolute atomic E-state index is 2.22. The standard InChI is InChI=1S/C19H16/c1-15-11-13-17-9-5-6-10-19(17)18(15)14-12-16-7-3-2-4-8-16/h2-14H,1H3/b14-12+. The van der Waals surface area contributed by atoms with Crippen molar-refractivity contribution in [3.63, 3.8) is 0 Å². The molecule has 0 aliphatic carbocycles. The second-order valence-corrected chi connectivity index (χ2v) is 4.76. The fraction of sp³-hybridized carbons (Fsp3) is 0.0526. The Balaban J connectivity index is 2.10. The monoisotopic (exact) mass is 244 g/mol. The van der Waals surface area contributed by atoms with E-state index in [0.717, 1.165) is 0 Å². The maximum Gasteiger partial charge on any atom is -0.0109 e. The Labute approximate surface area is 114 Å². The minimum absolute atomic E-state index is 1.23. The van der Waals surface area contributed by atoms with Crippen molar-refractivity contribution in [2.24, 2.45) is 0 Å². The van der Waals surface area contributed by atoms with Gasteiger partial charge in [-0.05, 0) is 34.4 Å². The normalized spacial score (nSPS) is 11.2. The van der Waals surface area contributed by atoms with E-state index < -0.39 is 0 Å². The van der Waals surface area contributed by atoms with Crippen molar-refractivity contribution in [2.75, 3.05) is 0 Å². The predicted molar refractivity (Wildman–Crippen MR) is 84.1 cm³/mol. The third-order valence-electron chi connectivity index (χ3n) is 3.43. The smallest absolute Gasteiger partial charge is 0.0109 e. The molecule has 0 heteroatoms. The van der Waals surface area contributed by atoms with Crippen molar-refractivity contribution >= 4 is 22.9 Å². The van der Waals surface area contributed by atoms with Gasteiger partial charge in [0.15, 0.2) is 0 Å². The molecule has 3 aromatic carbocycles. The number of fused-ring (bicyclic) bond motifs is 1. The fourth-order valence-corrected chi connectivity index (χ4v) is 2.37. The number of aryl methyl sites for hydroxylation is 1. The van der Waals surface area contributed by atoms with Crippen LogP contribution in [0.3, 0.4) is 0 Å². The lowest BCUT2D eigenvalue weighted by Crippen LogP contribution is -1.83. The van der Waals surface area contributed by atoms with Gasteiger partial charge >= 0.3 is 0 Å². The van der Waals surface area contributed by atoms with Gasteiger partial charge in [-0.3, -0.25) is 0 Å². The first-order valence-electron chi connectivity index (χ1n) is 6.56. The summed E-state index contributed by atoms with van der Waals surface area (Å²) in [6, 6.07) is 23.3. The van der Waals surface area contributed by atoms with E-state index in [9.17, 15) is 0 Å². The average Bonchev–Trinajstić information content (AvgIpc) is 2.47. The highest BCUT2D eigenvalue weighted by atomic mass is 14.0. The molecule has 92 valence electrons. The van der Waals surface area contributed by atoms with Crippen LogP contribution in [0.4, 0.5) is 0 Å². The molecule has 0 unspecified atom stereocenters. The van der Waals surface area contributed by atoms with Crippen molar-refractivity contribution in [1.29, 1.82) is 0 Å². The van der Waals surface area contributed by atoms with Crippen LogP contribution in [0.5, 0.6) is 0 Å². The topological polar surface area (TPSA) is 0 Å². The van der Waals surface area contributed by atoms with E-state index in [0.29, 0.717) is 0 Å². The van der Waals surface area contributed by atoms with Crippen molar-refractivity contribution in [3.05, 3.63) is 83.4 Å². The molecule has 0 nitrogen and oxygen atoms in total. The van der Waals surface area contributed by atoms with E-state index in [4.69, 9.17) is 0 Å². The fourth-order valence-electron chi connectivity index (χ4n) is 2.37. The number of hydrogen-bond acceptors (Lipinski definition) is 0. The molecule has 0 bridgehead atoms. The summed E-state index contributed by atoms with van der Waals surface area (Å²) in [6.07, 6.45) is 4.39. The molecule has 3 rings (SSSR count). The van der Waals surface area contributed by atoms with E-state index >= 15 is 0 Å². The third kappa shape index (κ3) is 2.43. The van der Waals surface area contributed by atoms with Crippen LogP contribution in [0.1, 0.15) is 16.7 Å². The molecule has 0 heterocycles. The molecule has 0 amide bonds. The van der Waals surface area contributed by atoms with E-state index in [-0.39, 0.29) is 0 Å². The second kappa shape index (κ2) is 5.11. The number of hydrogen-bond donors (Lipinski definition) is 0. The van der Waals surface area contributed by atoms with Gasteiger partial charge in [0.1, 0.15) is 0 Å². The Morgan fingerprint density at radius 3 is 2.26 bits per heavy atom. The molecular weight excluding hydrogens is 228 g/mol. The summed E-state index contributed by atoms with van der Waals surface area (Å²) in [7, 11) is 0. The minimum atomic E-state index is 1.23. The summed E-state index contributed by atoms with van der Waals surface area (Å²) in [5.74, 6) is 0. The van der Waals surface area contributed by atoms with Crippen LogP contribution >= 0.6 is 0 Å². The minimum Gasteiger partial charge on any atom is -0.0622 e. The summed E-state index contributed by atoms with van der Waals surface area (Å²) in [5.41, 5.74) is 3.85. The zero-order valence-electron chi connectivity index (χ0n) is 11.0. The average molecular weight is 244 g/mol. The SMILES string of the molecule is Cc1ccc2ccccc2c1/C=C/c1ccccc1.